The van der Waals surface area contributed by atoms with Crippen molar-refractivity contribution in [1.82, 2.24) is 0 Å². The second-order valence-corrected chi connectivity index (χ2v) is 6.66. The van der Waals surface area contributed by atoms with E-state index in [1.807, 2.05) is 0 Å². The summed E-state index contributed by atoms with van der Waals surface area (Å²) in [6, 6.07) is 0. The molecule has 1 rings (SSSR count). The highest BCUT2D eigenvalue weighted by atomic mass is 32.2. The van der Waals surface area contributed by atoms with Crippen LogP contribution < -0.4 is 0 Å². The molecule has 4 heteroatoms. The van der Waals surface area contributed by atoms with Gasteiger partial charge in [0, 0.05) is 5.92 Å². The molecule has 0 amide bonds. The second kappa shape index (κ2) is 4.26. The molecule has 1 unspecified atom stereocenters. The van der Waals surface area contributed by atoms with Crippen molar-refractivity contribution in [2.24, 2.45) is 11.3 Å². The molecular weight excluding hydrogens is 212 g/mol. The van der Waals surface area contributed by atoms with Crippen molar-refractivity contribution in [2.45, 2.75) is 33.6 Å². The summed E-state index contributed by atoms with van der Waals surface area (Å²) < 4.78 is 26.8. The highest BCUT2D eigenvalue weighted by molar-refractivity contribution is 7.85. The molecule has 0 saturated carbocycles. The summed E-state index contributed by atoms with van der Waals surface area (Å²) in [4.78, 5) is 0. The van der Waals surface area contributed by atoms with Crippen LogP contribution in [0.2, 0.25) is 0 Å². The topological polar surface area (TPSA) is 43.4 Å². The average Bonchev–Trinajstić information content (AvgIpc) is 1.99. The third kappa shape index (κ3) is 3.61. The van der Waals surface area contributed by atoms with Gasteiger partial charge in [-0.1, -0.05) is 25.5 Å². The lowest BCUT2D eigenvalue weighted by molar-refractivity contribution is 0.145. The quantitative estimate of drug-likeness (QED) is 0.554. The third-order valence-electron chi connectivity index (χ3n) is 3.20. The molecule has 0 heterocycles. The zero-order valence-electron chi connectivity index (χ0n) is 9.91. The molecule has 0 aromatic rings. The molecule has 1 aliphatic rings. The standard InChI is InChI=1S/C11H20O3S/c1-9-6-5-7-11(2,3)10(9)8-14-15(4,12)13/h6,10H,5,7-8H2,1-4H3. The molecule has 0 N–H and O–H groups in total. The first-order valence-electron chi connectivity index (χ1n) is 5.23. The van der Waals surface area contributed by atoms with E-state index in [4.69, 9.17) is 4.18 Å². The van der Waals surface area contributed by atoms with Crippen LogP contribution in [0.5, 0.6) is 0 Å². The number of hydrogen-bond acceptors (Lipinski definition) is 3. The average molecular weight is 232 g/mol. The van der Waals surface area contributed by atoms with Gasteiger partial charge in [-0.05, 0) is 25.2 Å². The highest BCUT2D eigenvalue weighted by Gasteiger charge is 2.33. The number of hydrogen-bond donors (Lipinski definition) is 0. The van der Waals surface area contributed by atoms with Gasteiger partial charge in [0.2, 0.25) is 0 Å². The van der Waals surface area contributed by atoms with Gasteiger partial charge in [-0.3, -0.25) is 4.18 Å². The molecule has 1 atom stereocenters. The minimum absolute atomic E-state index is 0.128. The molecule has 3 nitrogen and oxygen atoms in total. The van der Waals surface area contributed by atoms with Gasteiger partial charge in [-0.2, -0.15) is 8.42 Å². The smallest absolute Gasteiger partial charge is 0.264 e. The summed E-state index contributed by atoms with van der Waals surface area (Å²) in [5.74, 6) is 0.209. The largest absolute Gasteiger partial charge is 0.270 e. The zero-order chi connectivity index (χ0) is 11.7. The zero-order valence-corrected chi connectivity index (χ0v) is 10.7. The van der Waals surface area contributed by atoms with Crippen LogP contribution >= 0.6 is 0 Å². The van der Waals surface area contributed by atoms with Crippen molar-refractivity contribution in [3.05, 3.63) is 11.6 Å². The second-order valence-electron chi connectivity index (χ2n) is 5.02. The first-order chi connectivity index (χ1) is 6.72. The Kier molecular flexibility index (Phi) is 3.61. The molecular formula is C11H20O3S. The third-order valence-corrected chi connectivity index (χ3v) is 3.76. The van der Waals surface area contributed by atoms with E-state index in [1.165, 1.54) is 5.57 Å². The van der Waals surface area contributed by atoms with Crippen LogP contribution in [0, 0.1) is 11.3 Å². The van der Waals surface area contributed by atoms with Crippen LogP contribution in [0.4, 0.5) is 0 Å². The van der Waals surface area contributed by atoms with E-state index in [2.05, 4.69) is 26.8 Å². The minimum atomic E-state index is -3.32. The maximum atomic E-state index is 10.9. The monoisotopic (exact) mass is 232 g/mol. The fourth-order valence-corrected chi connectivity index (χ4v) is 2.54. The van der Waals surface area contributed by atoms with E-state index >= 15 is 0 Å². The van der Waals surface area contributed by atoms with Crippen molar-refractivity contribution >= 4 is 10.1 Å². The van der Waals surface area contributed by atoms with Gasteiger partial charge in [-0.25, -0.2) is 0 Å². The van der Waals surface area contributed by atoms with E-state index in [0.29, 0.717) is 0 Å². The van der Waals surface area contributed by atoms with Crippen LogP contribution in [0.15, 0.2) is 11.6 Å². The van der Waals surface area contributed by atoms with E-state index in [0.717, 1.165) is 19.1 Å². The molecule has 0 aromatic heterocycles. The van der Waals surface area contributed by atoms with Gasteiger partial charge in [0.1, 0.15) is 0 Å². The molecule has 15 heavy (non-hydrogen) atoms. The van der Waals surface area contributed by atoms with Gasteiger partial charge >= 0.3 is 0 Å². The SMILES string of the molecule is CC1=CCCC(C)(C)C1COS(C)(=O)=O. The van der Waals surface area contributed by atoms with Crippen molar-refractivity contribution in [1.29, 1.82) is 0 Å². The first-order valence-corrected chi connectivity index (χ1v) is 7.05. The Labute approximate surface area is 92.6 Å². The van der Waals surface area contributed by atoms with Crippen LogP contribution in [-0.4, -0.2) is 21.3 Å². The summed E-state index contributed by atoms with van der Waals surface area (Å²) in [7, 11) is -3.32. The number of allylic oxidation sites excluding steroid dienone is 1. The van der Waals surface area contributed by atoms with Crippen molar-refractivity contribution in [3.63, 3.8) is 0 Å². The number of rotatable bonds is 3. The molecule has 0 fully saturated rings. The Morgan fingerprint density at radius 2 is 2.13 bits per heavy atom. The summed E-state index contributed by atoms with van der Waals surface area (Å²) in [5, 5.41) is 0. The molecule has 0 spiro atoms. The van der Waals surface area contributed by atoms with Crippen molar-refractivity contribution < 1.29 is 12.6 Å². The van der Waals surface area contributed by atoms with E-state index in [9.17, 15) is 8.42 Å². The molecule has 88 valence electrons. The molecule has 0 radical (unpaired) electrons. The molecule has 0 aliphatic heterocycles. The molecule has 1 aliphatic carbocycles. The van der Waals surface area contributed by atoms with Crippen molar-refractivity contribution in [2.75, 3.05) is 12.9 Å². The summed E-state index contributed by atoms with van der Waals surface area (Å²) in [5.41, 5.74) is 1.37. The molecule has 0 saturated heterocycles. The fourth-order valence-electron chi connectivity index (χ4n) is 2.15. The van der Waals surface area contributed by atoms with Gasteiger partial charge in [0.05, 0.1) is 12.9 Å². The van der Waals surface area contributed by atoms with Crippen LogP contribution in [0.3, 0.4) is 0 Å². The lowest BCUT2D eigenvalue weighted by atomic mass is 9.69. The lowest BCUT2D eigenvalue weighted by Gasteiger charge is -2.37. The fraction of sp³-hybridized carbons (Fsp3) is 0.818. The van der Waals surface area contributed by atoms with E-state index in [1.54, 1.807) is 0 Å². The normalized spacial score (nSPS) is 26.1. The van der Waals surface area contributed by atoms with E-state index < -0.39 is 10.1 Å². The highest BCUT2D eigenvalue weighted by Crippen LogP contribution is 2.40. The van der Waals surface area contributed by atoms with Gasteiger partial charge in [0.15, 0.2) is 0 Å². The summed E-state index contributed by atoms with van der Waals surface area (Å²) >= 11 is 0. The summed E-state index contributed by atoms with van der Waals surface area (Å²) in [6.45, 7) is 6.66. The Morgan fingerprint density at radius 1 is 1.53 bits per heavy atom. The Hall–Kier alpha value is -0.350. The van der Waals surface area contributed by atoms with Crippen molar-refractivity contribution in [3.8, 4) is 0 Å². The maximum absolute atomic E-state index is 10.9. The lowest BCUT2D eigenvalue weighted by Crippen LogP contribution is -2.32. The van der Waals surface area contributed by atoms with Crippen LogP contribution in [0.25, 0.3) is 0 Å². The van der Waals surface area contributed by atoms with E-state index in [-0.39, 0.29) is 17.9 Å². The molecule has 0 bridgehead atoms. The van der Waals surface area contributed by atoms with Crippen LogP contribution in [0.1, 0.15) is 33.6 Å². The van der Waals surface area contributed by atoms with Gasteiger partial charge in [0.25, 0.3) is 10.1 Å². The summed E-state index contributed by atoms with van der Waals surface area (Å²) in [6.07, 6.45) is 5.44. The van der Waals surface area contributed by atoms with Gasteiger partial charge in [-0.15, -0.1) is 0 Å². The predicted molar refractivity (Wildman–Crippen MR) is 61.1 cm³/mol. The van der Waals surface area contributed by atoms with Gasteiger partial charge < -0.3 is 0 Å². The van der Waals surface area contributed by atoms with Crippen LogP contribution in [-0.2, 0) is 14.3 Å². The Balaban J connectivity index is 2.73. The Bertz CT molecular complexity index is 352. The Morgan fingerprint density at radius 3 is 2.60 bits per heavy atom. The minimum Gasteiger partial charge on any atom is -0.270 e. The first kappa shape index (κ1) is 12.7. The predicted octanol–water partition coefficient (Wildman–Crippen LogP) is 2.35. The molecule has 0 aromatic carbocycles. The maximum Gasteiger partial charge on any atom is 0.264 e.